The normalized spacial score (nSPS) is 14.6. The number of alkyl halides is 4. The van der Waals surface area contributed by atoms with Gasteiger partial charge in [-0.2, -0.15) is 18.3 Å². The Balaban J connectivity index is 1.36. The molecule has 1 saturated heterocycles. The predicted molar refractivity (Wildman–Crippen MR) is 148 cm³/mol. The van der Waals surface area contributed by atoms with E-state index in [1.54, 1.807) is 24.4 Å². The van der Waals surface area contributed by atoms with E-state index < -0.39 is 24.2 Å². The van der Waals surface area contributed by atoms with Gasteiger partial charge in [0.2, 0.25) is 0 Å². The third-order valence-electron chi connectivity index (χ3n) is 7.01. The first-order valence-corrected chi connectivity index (χ1v) is 13.8. The zero-order chi connectivity index (χ0) is 28.7. The molecule has 41 heavy (non-hydrogen) atoms. The molecule has 0 spiro atoms. The molecule has 1 aliphatic rings. The molecule has 2 aromatic heterocycles. The second-order valence-corrected chi connectivity index (χ2v) is 11.0. The number of H-pyrrole nitrogens is 1. The van der Waals surface area contributed by atoms with Crippen LogP contribution in [0.5, 0.6) is 11.5 Å². The first-order chi connectivity index (χ1) is 19.7. The molecule has 0 aliphatic carbocycles. The van der Waals surface area contributed by atoms with Gasteiger partial charge in [-0.1, -0.05) is 6.07 Å². The molecule has 6 rings (SSSR count). The highest BCUT2D eigenvalue weighted by Crippen LogP contribution is 2.50. The lowest BCUT2D eigenvalue weighted by Crippen LogP contribution is -2.54. The summed E-state index contributed by atoms with van der Waals surface area (Å²) in [5.41, 5.74) is 1.16. The molecule has 3 aromatic carbocycles. The Hall–Kier alpha value is -3.77. The van der Waals surface area contributed by atoms with Crippen LogP contribution in [-0.2, 0) is 6.42 Å². The zero-order valence-electron chi connectivity index (χ0n) is 21.5. The molecular weight excluding hydrogens is 566 g/mol. The van der Waals surface area contributed by atoms with E-state index in [0.29, 0.717) is 39.1 Å². The second-order valence-electron chi connectivity index (χ2n) is 10.0. The van der Waals surface area contributed by atoms with E-state index in [9.17, 15) is 22.0 Å². The van der Waals surface area contributed by atoms with Gasteiger partial charge in [-0.25, -0.2) is 8.78 Å². The number of aromatic amines is 1. The summed E-state index contributed by atoms with van der Waals surface area (Å²) in [5, 5.41) is 11.5. The number of halogens is 6. The largest absolute Gasteiger partial charge is 0.452 e. The second kappa shape index (κ2) is 10.9. The molecule has 0 radical (unpaired) electrons. The number of aromatic nitrogens is 2. The van der Waals surface area contributed by atoms with Crippen LogP contribution < -0.4 is 10.1 Å². The van der Waals surface area contributed by atoms with Crippen molar-refractivity contribution in [2.75, 3.05) is 31.6 Å². The number of anilines is 1. The van der Waals surface area contributed by atoms with Crippen molar-refractivity contribution in [2.24, 2.45) is 0 Å². The van der Waals surface area contributed by atoms with Crippen molar-refractivity contribution in [3.63, 3.8) is 0 Å². The van der Waals surface area contributed by atoms with Crippen molar-refractivity contribution in [2.45, 2.75) is 25.1 Å². The molecule has 2 N–H and O–H groups in total. The van der Waals surface area contributed by atoms with Crippen molar-refractivity contribution in [1.82, 2.24) is 15.1 Å². The molecule has 214 valence electrons. The highest BCUT2D eigenvalue weighted by molar-refractivity contribution is 7.23. The van der Waals surface area contributed by atoms with Gasteiger partial charge in [-0.05, 0) is 53.9 Å². The summed E-state index contributed by atoms with van der Waals surface area (Å²) in [6.45, 7) is 1.77. The summed E-state index contributed by atoms with van der Waals surface area (Å²) in [4.78, 5) is 2.42. The van der Waals surface area contributed by atoms with Gasteiger partial charge in [0.25, 0.3) is 0 Å². The lowest BCUT2D eigenvalue weighted by molar-refractivity contribution is -0.127. The highest BCUT2D eigenvalue weighted by Gasteiger charge is 2.31. The Kier molecular flexibility index (Phi) is 7.28. The maximum Gasteiger partial charge on any atom is 0.393 e. The highest BCUT2D eigenvalue weighted by atomic mass is 32.1. The van der Waals surface area contributed by atoms with Gasteiger partial charge < -0.3 is 10.1 Å². The Bertz CT molecular complexity index is 1710. The lowest BCUT2D eigenvalue weighted by Gasteiger charge is -2.40. The number of nitrogens with zero attached hydrogens (tertiary/aromatic N) is 2. The molecule has 0 unspecified atom stereocenters. The van der Waals surface area contributed by atoms with Crippen LogP contribution in [0, 0.1) is 11.6 Å². The van der Waals surface area contributed by atoms with Crippen LogP contribution in [0.2, 0.25) is 0 Å². The zero-order valence-corrected chi connectivity index (χ0v) is 22.3. The topological polar surface area (TPSA) is 53.2 Å². The molecule has 0 atom stereocenters. The fraction of sp³-hybridized carbons (Fsp3) is 0.276. The van der Waals surface area contributed by atoms with Crippen LogP contribution >= 0.6 is 11.3 Å². The molecular formula is C29H24F6N4OS. The first kappa shape index (κ1) is 27.4. The van der Waals surface area contributed by atoms with Gasteiger partial charge in [-0.3, -0.25) is 14.4 Å². The van der Waals surface area contributed by atoms with E-state index in [2.05, 4.69) is 20.4 Å². The van der Waals surface area contributed by atoms with Gasteiger partial charge in [0.15, 0.2) is 17.3 Å². The number of benzene rings is 3. The number of ether oxygens (including phenoxy) is 1. The van der Waals surface area contributed by atoms with Crippen LogP contribution in [0.3, 0.4) is 0 Å². The fourth-order valence-corrected chi connectivity index (χ4v) is 6.42. The van der Waals surface area contributed by atoms with Crippen LogP contribution in [0.15, 0.2) is 54.7 Å². The van der Waals surface area contributed by atoms with E-state index in [4.69, 9.17) is 4.74 Å². The average Bonchev–Trinajstić information content (AvgIpc) is 3.51. The summed E-state index contributed by atoms with van der Waals surface area (Å²) < 4.78 is 88.9. The minimum Gasteiger partial charge on any atom is -0.452 e. The first-order valence-electron chi connectivity index (χ1n) is 12.9. The predicted octanol–water partition coefficient (Wildman–Crippen LogP) is 8.08. The summed E-state index contributed by atoms with van der Waals surface area (Å²) in [7, 11) is 0. The van der Waals surface area contributed by atoms with Crippen molar-refractivity contribution < 1.29 is 31.1 Å². The number of thiophene rings is 1. The smallest absolute Gasteiger partial charge is 0.393 e. The molecule has 0 amide bonds. The van der Waals surface area contributed by atoms with Crippen LogP contribution in [0.1, 0.15) is 12.0 Å². The number of hydrogen-bond donors (Lipinski definition) is 2. The Morgan fingerprint density at radius 3 is 2.63 bits per heavy atom. The fourth-order valence-electron chi connectivity index (χ4n) is 5.12. The number of hydrogen-bond acceptors (Lipinski definition) is 5. The molecule has 5 aromatic rings. The van der Waals surface area contributed by atoms with Gasteiger partial charge in [-0.15, -0.1) is 11.3 Å². The standard InChI is InChI=1S/C29H24F6N4OS/c30-8-1-9-39-14-19(15-39)37-18-3-7-25(23(32)11-18)40-26-21-5-6-24-22(13-36-38-24)27(21)41-28(26)20-4-2-17(31)10-16(20)12-29(33,34)35/h2-7,10-11,13,19,37H,1,8-9,12,14-15H2,(H,36,38). The van der Waals surface area contributed by atoms with Crippen molar-refractivity contribution in [3.05, 3.63) is 71.9 Å². The van der Waals surface area contributed by atoms with Crippen molar-refractivity contribution in [1.29, 1.82) is 0 Å². The van der Waals surface area contributed by atoms with Gasteiger partial charge in [0.1, 0.15) is 5.82 Å². The molecule has 1 aliphatic heterocycles. The maximum atomic E-state index is 15.3. The summed E-state index contributed by atoms with van der Waals surface area (Å²) >= 11 is 1.17. The quantitative estimate of drug-likeness (QED) is 0.171. The summed E-state index contributed by atoms with van der Waals surface area (Å²) in [5.74, 6) is -1.39. The third-order valence-corrected chi connectivity index (χ3v) is 8.27. The summed E-state index contributed by atoms with van der Waals surface area (Å²) in [6.07, 6.45) is -3.83. The van der Waals surface area contributed by atoms with Crippen LogP contribution in [0.4, 0.5) is 32.0 Å². The maximum absolute atomic E-state index is 15.3. The molecule has 1 fully saturated rings. The minimum atomic E-state index is -4.57. The SMILES string of the molecule is FCCCN1CC(Nc2ccc(Oc3c(-c4ccc(F)cc4CC(F)(F)F)sc4c3ccc3[nH]ncc34)c(F)c2)C1. The van der Waals surface area contributed by atoms with E-state index >= 15 is 4.39 Å². The molecule has 0 bridgehead atoms. The molecule has 0 saturated carbocycles. The van der Waals surface area contributed by atoms with Gasteiger partial charge >= 0.3 is 6.18 Å². The van der Waals surface area contributed by atoms with E-state index in [1.165, 1.54) is 29.5 Å². The molecule has 5 nitrogen and oxygen atoms in total. The monoisotopic (exact) mass is 590 g/mol. The number of nitrogens with one attached hydrogen (secondary N) is 2. The summed E-state index contributed by atoms with van der Waals surface area (Å²) in [6, 6.07) is 11.3. The number of rotatable bonds is 9. The minimum absolute atomic E-state index is 0.107. The molecule has 12 heteroatoms. The van der Waals surface area contributed by atoms with Gasteiger partial charge in [0.05, 0.1) is 35.7 Å². The van der Waals surface area contributed by atoms with Crippen molar-refractivity contribution in [3.8, 4) is 21.9 Å². The van der Waals surface area contributed by atoms with Gasteiger partial charge in [0, 0.05) is 46.9 Å². The van der Waals surface area contributed by atoms with Crippen LogP contribution in [-0.4, -0.2) is 53.6 Å². The van der Waals surface area contributed by atoms with E-state index in [-0.39, 0.29) is 35.3 Å². The Morgan fingerprint density at radius 1 is 1.05 bits per heavy atom. The number of fused-ring (bicyclic) bond motifs is 3. The average molecular weight is 591 g/mol. The number of likely N-dealkylation sites (tertiary alicyclic amines) is 1. The van der Waals surface area contributed by atoms with E-state index in [0.717, 1.165) is 30.6 Å². The van der Waals surface area contributed by atoms with Crippen LogP contribution in [0.25, 0.3) is 31.4 Å². The van der Waals surface area contributed by atoms with Crippen molar-refractivity contribution >= 4 is 38.0 Å². The molecule has 3 heterocycles. The lowest BCUT2D eigenvalue weighted by atomic mass is 10.0. The Labute approximate surface area is 234 Å². The van der Waals surface area contributed by atoms with E-state index in [1.807, 2.05) is 0 Å². The third kappa shape index (κ3) is 5.71. The Morgan fingerprint density at radius 2 is 1.88 bits per heavy atom.